The molecule has 6 heteroatoms. The molecule has 0 saturated heterocycles. The Kier molecular flexibility index (Phi) is 4.31. The van der Waals surface area contributed by atoms with Gasteiger partial charge in [-0.3, -0.25) is 10.1 Å². The van der Waals surface area contributed by atoms with Crippen LogP contribution in [0.25, 0.3) is 16.3 Å². The molecule has 110 valence electrons. The summed E-state index contributed by atoms with van der Waals surface area (Å²) in [6, 6.07) is 11.8. The zero-order chi connectivity index (χ0) is 15.5. The van der Waals surface area contributed by atoms with E-state index in [-0.39, 0.29) is 11.7 Å². The molecule has 22 heavy (non-hydrogen) atoms. The summed E-state index contributed by atoms with van der Waals surface area (Å²) >= 11 is 4.80. The monoisotopic (exact) mass is 376 g/mol. The fraction of sp³-hybridized carbons (Fsp3) is 0. The molecule has 1 aromatic heterocycles. The van der Waals surface area contributed by atoms with E-state index in [0.29, 0.717) is 10.7 Å². The average molecular weight is 377 g/mol. The van der Waals surface area contributed by atoms with Gasteiger partial charge in [0.15, 0.2) is 5.13 Å². The zero-order valence-electron chi connectivity index (χ0n) is 11.2. The molecule has 0 fully saturated rings. The second kappa shape index (κ2) is 6.37. The molecule has 3 nitrogen and oxygen atoms in total. The van der Waals surface area contributed by atoms with Crippen molar-refractivity contribution in [2.75, 3.05) is 5.32 Å². The number of rotatable bonds is 3. The molecular weight excluding hydrogens is 367 g/mol. The van der Waals surface area contributed by atoms with Crippen LogP contribution in [-0.2, 0) is 4.79 Å². The van der Waals surface area contributed by atoms with Crippen LogP contribution in [0.5, 0.6) is 0 Å². The van der Waals surface area contributed by atoms with Crippen molar-refractivity contribution in [1.82, 2.24) is 4.98 Å². The summed E-state index contributed by atoms with van der Waals surface area (Å²) in [7, 11) is 0. The lowest BCUT2D eigenvalue weighted by molar-refractivity contribution is -0.111. The smallest absolute Gasteiger partial charge is 0.250 e. The predicted molar refractivity (Wildman–Crippen MR) is 91.4 cm³/mol. The number of hydrogen-bond donors (Lipinski definition) is 1. The van der Waals surface area contributed by atoms with Crippen LogP contribution in [0.3, 0.4) is 0 Å². The molecule has 0 bridgehead atoms. The van der Waals surface area contributed by atoms with E-state index < -0.39 is 0 Å². The number of aromatic nitrogens is 1. The average Bonchev–Trinajstić information content (AvgIpc) is 2.86. The molecule has 0 atom stereocenters. The van der Waals surface area contributed by atoms with Crippen LogP contribution in [0, 0.1) is 5.82 Å². The van der Waals surface area contributed by atoms with E-state index in [1.165, 1.54) is 29.5 Å². The molecule has 0 radical (unpaired) electrons. The van der Waals surface area contributed by atoms with Gasteiger partial charge in [0.25, 0.3) is 0 Å². The molecule has 1 amide bonds. The third kappa shape index (κ3) is 3.58. The maximum absolute atomic E-state index is 13.0. The Bertz CT molecular complexity index is 875. The molecule has 3 aromatic rings. The number of carbonyl (C=O) groups is 1. The van der Waals surface area contributed by atoms with E-state index in [2.05, 4.69) is 26.2 Å². The van der Waals surface area contributed by atoms with E-state index in [1.807, 2.05) is 18.2 Å². The van der Waals surface area contributed by atoms with Crippen LogP contribution in [0.2, 0.25) is 0 Å². The second-order valence-electron chi connectivity index (χ2n) is 4.51. The van der Waals surface area contributed by atoms with Gasteiger partial charge >= 0.3 is 0 Å². The highest BCUT2D eigenvalue weighted by Crippen LogP contribution is 2.28. The molecule has 0 spiro atoms. The minimum absolute atomic E-state index is 0.303. The highest BCUT2D eigenvalue weighted by molar-refractivity contribution is 9.10. The first kappa shape index (κ1) is 14.9. The molecule has 0 aliphatic carbocycles. The van der Waals surface area contributed by atoms with E-state index in [0.717, 1.165) is 14.7 Å². The lowest BCUT2D eigenvalue weighted by Gasteiger charge is -1.96. The minimum atomic E-state index is -0.334. The quantitative estimate of drug-likeness (QED) is 0.663. The number of nitrogens with zero attached hydrogens (tertiary/aromatic N) is 1. The van der Waals surface area contributed by atoms with Crippen LogP contribution >= 0.6 is 27.3 Å². The van der Waals surface area contributed by atoms with Gasteiger partial charge in [0.05, 0.1) is 10.2 Å². The first-order valence-electron chi connectivity index (χ1n) is 6.41. The summed E-state index contributed by atoms with van der Waals surface area (Å²) in [6.45, 7) is 0. The highest BCUT2D eigenvalue weighted by Gasteiger charge is 2.06. The minimum Gasteiger partial charge on any atom is -0.298 e. The van der Waals surface area contributed by atoms with E-state index in [1.54, 1.807) is 18.2 Å². The van der Waals surface area contributed by atoms with Crippen LogP contribution in [0.1, 0.15) is 5.56 Å². The summed E-state index contributed by atoms with van der Waals surface area (Å²) in [5, 5.41) is 3.24. The summed E-state index contributed by atoms with van der Waals surface area (Å²) in [6.07, 6.45) is 2.92. The zero-order valence-corrected chi connectivity index (χ0v) is 13.6. The molecule has 0 aliphatic rings. The van der Waals surface area contributed by atoms with Gasteiger partial charge in [-0.25, -0.2) is 9.37 Å². The Hall–Kier alpha value is -2.05. The lowest BCUT2D eigenvalue weighted by Crippen LogP contribution is -2.07. The van der Waals surface area contributed by atoms with Crippen LogP contribution in [0.4, 0.5) is 9.52 Å². The van der Waals surface area contributed by atoms with Gasteiger partial charge in [-0.1, -0.05) is 39.4 Å². The SMILES string of the molecule is O=C(C=Cc1cccc(F)c1)Nc1nc2ccc(Br)cc2s1. The maximum Gasteiger partial charge on any atom is 0.250 e. The fourth-order valence-corrected chi connectivity index (χ4v) is 3.30. The van der Waals surface area contributed by atoms with Gasteiger partial charge in [-0.15, -0.1) is 0 Å². The van der Waals surface area contributed by atoms with E-state index in [9.17, 15) is 9.18 Å². The number of thiazole rings is 1. The number of amides is 1. The van der Waals surface area contributed by atoms with Gasteiger partial charge in [0.1, 0.15) is 5.82 Å². The van der Waals surface area contributed by atoms with Crippen molar-refractivity contribution in [3.05, 3.63) is 64.4 Å². The number of benzene rings is 2. The van der Waals surface area contributed by atoms with Crippen molar-refractivity contribution in [3.63, 3.8) is 0 Å². The molecule has 1 N–H and O–H groups in total. The van der Waals surface area contributed by atoms with Gasteiger partial charge in [-0.2, -0.15) is 0 Å². The van der Waals surface area contributed by atoms with Crippen LogP contribution < -0.4 is 5.32 Å². The Morgan fingerprint density at radius 3 is 2.95 bits per heavy atom. The Morgan fingerprint density at radius 1 is 1.27 bits per heavy atom. The fourth-order valence-electron chi connectivity index (χ4n) is 1.88. The number of anilines is 1. The first-order chi connectivity index (χ1) is 10.6. The molecule has 0 aliphatic heterocycles. The van der Waals surface area contributed by atoms with Crippen LogP contribution in [0.15, 0.2) is 53.0 Å². The topological polar surface area (TPSA) is 42.0 Å². The van der Waals surface area contributed by atoms with Crippen LogP contribution in [-0.4, -0.2) is 10.9 Å². The van der Waals surface area contributed by atoms with Gasteiger partial charge in [-0.05, 0) is 42.0 Å². The van der Waals surface area contributed by atoms with Crippen molar-refractivity contribution < 1.29 is 9.18 Å². The van der Waals surface area contributed by atoms with E-state index in [4.69, 9.17) is 0 Å². The standard InChI is InChI=1S/C16H10BrFN2OS/c17-11-5-6-13-14(9-11)22-16(19-13)20-15(21)7-4-10-2-1-3-12(18)8-10/h1-9H,(H,19,20,21). The third-order valence-electron chi connectivity index (χ3n) is 2.86. The summed E-state index contributed by atoms with van der Waals surface area (Å²) < 4.78 is 15.0. The maximum atomic E-state index is 13.0. The normalized spacial score (nSPS) is 11.2. The van der Waals surface area contributed by atoms with Gasteiger partial charge in [0.2, 0.25) is 5.91 Å². The van der Waals surface area contributed by atoms with Crippen molar-refractivity contribution >= 4 is 54.6 Å². The largest absolute Gasteiger partial charge is 0.298 e. The van der Waals surface area contributed by atoms with Gasteiger partial charge < -0.3 is 0 Å². The molecule has 1 heterocycles. The molecule has 3 rings (SSSR count). The highest BCUT2D eigenvalue weighted by atomic mass is 79.9. The van der Waals surface area contributed by atoms with Crippen molar-refractivity contribution in [3.8, 4) is 0 Å². The van der Waals surface area contributed by atoms with Crippen molar-refractivity contribution in [1.29, 1.82) is 0 Å². The Balaban J connectivity index is 1.72. The number of nitrogens with one attached hydrogen (secondary N) is 1. The number of carbonyl (C=O) groups excluding carboxylic acids is 1. The predicted octanol–water partition coefficient (Wildman–Crippen LogP) is 4.85. The molecule has 2 aromatic carbocycles. The summed E-state index contributed by atoms with van der Waals surface area (Å²) in [5.41, 5.74) is 1.46. The second-order valence-corrected chi connectivity index (χ2v) is 6.45. The Labute approximate surface area is 138 Å². The Morgan fingerprint density at radius 2 is 2.14 bits per heavy atom. The van der Waals surface area contributed by atoms with E-state index >= 15 is 0 Å². The number of hydrogen-bond acceptors (Lipinski definition) is 3. The molecule has 0 saturated carbocycles. The number of halogens is 2. The first-order valence-corrected chi connectivity index (χ1v) is 8.02. The third-order valence-corrected chi connectivity index (χ3v) is 4.28. The molecular formula is C16H10BrFN2OS. The molecule has 0 unspecified atom stereocenters. The summed E-state index contributed by atoms with van der Waals surface area (Å²) in [4.78, 5) is 16.2. The van der Waals surface area contributed by atoms with Crippen molar-refractivity contribution in [2.45, 2.75) is 0 Å². The van der Waals surface area contributed by atoms with Crippen molar-refractivity contribution in [2.24, 2.45) is 0 Å². The number of fused-ring (bicyclic) bond motifs is 1. The summed E-state index contributed by atoms with van der Waals surface area (Å²) in [5.74, 6) is -0.637. The van der Waals surface area contributed by atoms with Gasteiger partial charge in [0, 0.05) is 10.5 Å². The lowest BCUT2D eigenvalue weighted by atomic mass is 10.2.